The van der Waals surface area contributed by atoms with Gasteiger partial charge in [-0.05, 0) is 85.4 Å². The van der Waals surface area contributed by atoms with Crippen LogP contribution in [0.2, 0.25) is 9.79 Å². The van der Waals surface area contributed by atoms with E-state index in [1.54, 1.807) is 0 Å². The summed E-state index contributed by atoms with van der Waals surface area (Å²) in [7, 11) is 0. The molecule has 0 aliphatic rings. The summed E-state index contributed by atoms with van der Waals surface area (Å²) in [5, 5.41) is 0. The second-order valence-corrected chi connectivity index (χ2v) is 13.0. The zero-order valence-electron chi connectivity index (χ0n) is 27.4. The van der Waals surface area contributed by atoms with Gasteiger partial charge in [0.1, 0.15) is 0 Å². The SMILES string of the molecule is CC#Cc1cccc(C(=C(CCCC)C(=C=[N+]=[N-])CCCC)c2ccc(CCCC)cc2)c1.CCC[CH2][Pd][CH2]CCC. The molecule has 42 heavy (non-hydrogen) atoms. The van der Waals surface area contributed by atoms with E-state index in [0.29, 0.717) is 0 Å². The molecule has 0 bridgehead atoms. The Labute approximate surface area is 267 Å². The summed E-state index contributed by atoms with van der Waals surface area (Å²) in [5.41, 5.74) is 17.6. The zero-order valence-corrected chi connectivity index (χ0v) is 29.0. The van der Waals surface area contributed by atoms with Crippen molar-refractivity contribution in [2.24, 2.45) is 0 Å². The van der Waals surface area contributed by atoms with Gasteiger partial charge >= 0.3 is 73.2 Å². The maximum atomic E-state index is 9.42. The average molecular weight is 659 g/mol. The van der Waals surface area contributed by atoms with Gasteiger partial charge in [0.05, 0.1) is 5.57 Å². The summed E-state index contributed by atoms with van der Waals surface area (Å²) in [5.74, 6) is 9.16. The van der Waals surface area contributed by atoms with Crippen LogP contribution in [0.3, 0.4) is 0 Å². The Bertz CT molecular complexity index is 1180. The van der Waals surface area contributed by atoms with Gasteiger partial charge in [-0.3, -0.25) is 0 Å². The van der Waals surface area contributed by atoms with E-state index in [2.05, 4.69) is 106 Å². The molecule has 2 nitrogen and oxygen atoms in total. The van der Waals surface area contributed by atoms with Gasteiger partial charge in [-0.1, -0.05) is 82.4 Å². The third-order valence-electron chi connectivity index (χ3n) is 7.05. The predicted octanol–water partition coefficient (Wildman–Crippen LogP) is 11.9. The molecule has 2 aromatic carbocycles. The normalized spacial score (nSPS) is 10.9. The number of hydrogen-bond acceptors (Lipinski definition) is 0. The Morgan fingerprint density at radius 1 is 0.738 bits per heavy atom. The van der Waals surface area contributed by atoms with E-state index in [-0.39, 0.29) is 0 Å². The van der Waals surface area contributed by atoms with E-state index in [0.717, 1.165) is 79.6 Å². The van der Waals surface area contributed by atoms with Gasteiger partial charge in [0.25, 0.3) is 0 Å². The number of benzene rings is 2. The van der Waals surface area contributed by atoms with Gasteiger partial charge < -0.3 is 5.53 Å². The fraction of sp³-hybridized carbons (Fsp3) is 0.538. The van der Waals surface area contributed by atoms with Crippen LogP contribution in [0.15, 0.2) is 59.7 Å². The molecule has 0 fully saturated rings. The van der Waals surface area contributed by atoms with Crippen molar-refractivity contribution in [2.75, 3.05) is 0 Å². The topological polar surface area (TPSA) is 36.4 Å². The van der Waals surface area contributed by atoms with Crippen LogP contribution in [0, 0.1) is 11.8 Å². The summed E-state index contributed by atoms with van der Waals surface area (Å²) in [6, 6.07) is 17.5. The number of hydrogen-bond donors (Lipinski definition) is 0. The first-order valence-corrected chi connectivity index (χ1v) is 18.6. The van der Waals surface area contributed by atoms with Crippen LogP contribution < -0.4 is 0 Å². The molecular formula is C39H56N2Pd. The Morgan fingerprint density at radius 3 is 1.93 bits per heavy atom. The average Bonchev–Trinajstić information content (AvgIpc) is 3.01. The molecule has 0 spiro atoms. The van der Waals surface area contributed by atoms with Crippen molar-refractivity contribution in [1.29, 1.82) is 0 Å². The first-order chi connectivity index (χ1) is 20.6. The van der Waals surface area contributed by atoms with Gasteiger partial charge in [0.2, 0.25) is 0 Å². The molecule has 0 saturated heterocycles. The maximum absolute atomic E-state index is 9.42. The molecule has 0 N–H and O–H groups in total. The number of rotatable bonds is 18. The zero-order chi connectivity index (χ0) is 30.8. The molecule has 0 unspecified atom stereocenters. The van der Waals surface area contributed by atoms with Crippen molar-refractivity contribution in [1.82, 2.24) is 0 Å². The molecule has 0 heterocycles. The van der Waals surface area contributed by atoms with Crippen LogP contribution in [0.4, 0.5) is 0 Å². The minimum absolute atomic E-state index is 0.853. The second-order valence-electron chi connectivity index (χ2n) is 10.7. The van der Waals surface area contributed by atoms with Crippen LogP contribution in [0.1, 0.15) is 141 Å². The first-order valence-electron chi connectivity index (χ1n) is 16.4. The Kier molecular flexibility index (Phi) is 22.5. The molecule has 0 atom stereocenters. The van der Waals surface area contributed by atoms with Crippen LogP contribution >= 0.6 is 0 Å². The van der Waals surface area contributed by atoms with Gasteiger partial charge in [-0.25, -0.2) is 0 Å². The minimum atomic E-state index is 0.853. The molecule has 2 aromatic rings. The fourth-order valence-corrected chi connectivity index (χ4v) is 6.83. The van der Waals surface area contributed by atoms with Crippen LogP contribution in [0.25, 0.3) is 11.1 Å². The molecule has 0 aromatic heterocycles. The van der Waals surface area contributed by atoms with Crippen molar-refractivity contribution in [3.63, 3.8) is 0 Å². The molecule has 0 amide bonds. The third-order valence-corrected chi connectivity index (χ3v) is 9.25. The van der Waals surface area contributed by atoms with Crippen molar-refractivity contribution >= 4 is 11.4 Å². The Balaban J connectivity index is 0.000000844. The van der Waals surface area contributed by atoms with E-state index in [9.17, 15) is 5.53 Å². The first kappa shape index (κ1) is 37.6. The summed E-state index contributed by atoms with van der Waals surface area (Å²) >= 11 is 1.07. The van der Waals surface area contributed by atoms with E-state index in [1.165, 1.54) is 70.6 Å². The summed E-state index contributed by atoms with van der Waals surface area (Å²) < 4.78 is 0. The molecular weight excluding hydrogens is 603 g/mol. The number of allylic oxidation sites excluding steroid dienone is 2. The van der Waals surface area contributed by atoms with Crippen molar-refractivity contribution in [3.8, 4) is 11.8 Å². The standard InChI is InChI=1S/C31H38N2.2C4H9.Pd/c1-5-9-14-25-19-21-27(22-20-25)31(28-17-12-15-26(23-28)13-8-4)30(18-11-7-3)29(24-33-32)16-10-6-2;2*1-3-4-2;/h12,15,17,19-23H,5-7,9-11,14,16,18H2,1-4H3;2*1,3-4H2,2H3;. The van der Waals surface area contributed by atoms with Gasteiger partial charge in [0, 0.05) is 5.56 Å². The molecule has 0 aliphatic carbocycles. The van der Waals surface area contributed by atoms with Crippen molar-refractivity contribution in [3.05, 3.63) is 87.5 Å². The molecule has 3 heteroatoms. The van der Waals surface area contributed by atoms with Crippen molar-refractivity contribution in [2.45, 2.75) is 135 Å². The van der Waals surface area contributed by atoms with E-state index < -0.39 is 0 Å². The van der Waals surface area contributed by atoms with E-state index in [1.807, 2.05) is 6.92 Å². The van der Waals surface area contributed by atoms with E-state index in [4.69, 9.17) is 0 Å². The Morgan fingerprint density at radius 2 is 1.36 bits per heavy atom. The van der Waals surface area contributed by atoms with Crippen LogP contribution in [-0.4, -0.2) is 10.7 Å². The monoisotopic (exact) mass is 658 g/mol. The number of nitrogens with zero attached hydrogens (tertiary/aromatic N) is 2. The molecule has 0 radical (unpaired) electrons. The van der Waals surface area contributed by atoms with Gasteiger partial charge in [-0.2, -0.15) is 0 Å². The van der Waals surface area contributed by atoms with Crippen LogP contribution in [0.5, 0.6) is 0 Å². The van der Waals surface area contributed by atoms with Crippen molar-refractivity contribution < 1.29 is 22.8 Å². The van der Waals surface area contributed by atoms with E-state index >= 15 is 0 Å². The number of unbranched alkanes of at least 4 members (excludes halogenated alkanes) is 5. The summed E-state index contributed by atoms with van der Waals surface area (Å²) in [6.45, 7) is 13.0. The fourth-order valence-electron chi connectivity index (χ4n) is 4.56. The quantitative estimate of drug-likeness (QED) is 0.0291. The molecule has 232 valence electrons. The molecule has 0 saturated carbocycles. The molecule has 0 aliphatic heterocycles. The second kappa shape index (κ2) is 25.1. The summed E-state index contributed by atoms with van der Waals surface area (Å²) in [4.78, 5) is 6.35. The van der Waals surface area contributed by atoms with Gasteiger partial charge in [-0.15, -0.1) is 10.7 Å². The number of aryl methyl sites for hydroxylation is 1. The third kappa shape index (κ3) is 15.2. The predicted molar refractivity (Wildman–Crippen MR) is 181 cm³/mol. The Hall–Kier alpha value is -2.44. The van der Waals surface area contributed by atoms with Gasteiger partial charge in [0.15, 0.2) is 0 Å². The molecule has 2 rings (SSSR count). The summed E-state index contributed by atoms with van der Waals surface area (Å²) in [6.07, 6.45) is 15.3. The van der Waals surface area contributed by atoms with Crippen LogP contribution in [-0.2, 0) is 24.4 Å².